The van der Waals surface area contributed by atoms with E-state index in [2.05, 4.69) is 25.4 Å². The summed E-state index contributed by atoms with van der Waals surface area (Å²) in [4.78, 5) is 2.60. The maximum Gasteiger partial charge on any atom is 0.0911 e. The van der Waals surface area contributed by atoms with Gasteiger partial charge in [-0.15, -0.1) is 0 Å². The topological polar surface area (TPSA) is 90.3 Å². The van der Waals surface area contributed by atoms with Crippen LogP contribution in [0, 0.1) is 6.92 Å². The van der Waals surface area contributed by atoms with E-state index in [1.54, 1.807) is 6.92 Å². The second-order valence-corrected chi connectivity index (χ2v) is 1.74. The highest BCUT2D eigenvalue weighted by atomic mass is 15.3. The third-order valence-electron chi connectivity index (χ3n) is 1.10. The van der Waals surface area contributed by atoms with Crippen molar-refractivity contribution >= 4 is 0 Å². The number of nitrogens with one attached hydrogen (secondary N) is 1. The Bertz CT molecular complexity index is 256. The maximum atomic E-state index is 7.96. The van der Waals surface area contributed by atoms with Gasteiger partial charge in [0.1, 0.15) is 0 Å². The fourth-order valence-electron chi connectivity index (χ4n) is 0.554. The minimum atomic E-state index is 0.263. The molecule has 1 N–H and O–H groups in total. The molecule has 0 aliphatic carbocycles. The molecule has 6 heteroatoms. The van der Waals surface area contributed by atoms with E-state index in [4.69, 9.17) is 5.53 Å². The van der Waals surface area contributed by atoms with E-state index in [1.165, 1.54) is 0 Å². The number of rotatable bonds is 2. The normalized spacial score (nSPS) is 8.90. The molecule has 1 aromatic rings. The Hall–Kier alpha value is -1.55. The van der Waals surface area contributed by atoms with E-state index in [1.807, 2.05) is 0 Å². The van der Waals surface area contributed by atoms with Gasteiger partial charge in [-0.2, -0.15) is 15.4 Å². The van der Waals surface area contributed by atoms with Crippen molar-refractivity contribution < 1.29 is 0 Å². The van der Waals surface area contributed by atoms with Crippen LogP contribution in [0.3, 0.4) is 0 Å². The standard InChI is InChI=1S/C4H6N6/c1-3-4(2-6-9-5)8-10-7-3/h2H2,1H3,(H,7,8,10). The van der Waals surface area contributed by atoms with Crippen molar-refractivity contribution in [1.82, 2.24) is 15.4 Å². The molecule has 0 aromatic carbocycles. The molecule has 6 nitrogen and oxygen atoms in total. The highest BCUT2D eigenvalue weighted by Gasteiger charge is 1.98. The summed E-state index contributed by atoms with van der Waals surface area (Å²) >= 11 is 0. The van der Waals surface area contributed by atoms with Crippen LogP contribution in [-0.4, -0.2) is 15.4 Å². The quantitative estimate of drug-likeness (QED) is 0.374. The minimum Gasteiger partial charge on any atom is -0.197 e. The van der Waals surface area contributed by atoms with Crippen LogP contribution < -0.4 is 0 Å². The molecule has 0 bridgehead atoms. The van der Waals surface area contributed by atoms with Crippen molar-refractivity contribution in [2.75, 3.05) is 0 Å². The maximum absolute atomic E-state index is 7.96. The molecule has 0 aliphatic rings. The Morgan fingerprint density at radius 2 is 2.50 bits per heavy atom. The zero-order chi connectivity index (χ0) is 7.40. The van der Waals surface area contributed by atoms with Crippen LogP contribution in [0.25, 0.3) is 10.4 Å². The summed E-state index contributed by atoms with van der Waals surface area (Å²) < 4.78 is 0. The van der Waals surface area contributed by atoms with Crippen LogP contribution in [0.5, 0.6) is 0 Å². The average molecular weight is 138 g/mol. The molecule has 10 heavy (non-hydrogen) atoms. The summed E-state index contributed by atoms with van der Waals surface area (Å²) in [5, 5.41) is 13.3. The molecule has 0 atom stereocenters. The van der Waals surface area contributed by atoms with Gasteiger partial charge in [0.05, 0.1) is 17.9 Å². The predicted molar refractivity (Wildman–Crippen MR) is 34.0 cm³/mol. The molecule has 0 unspecified atom stereocenters. The number of azide groups is 1. The molecule has 52 valence electrons. The molecule has 1 aromatic heterocycles. The molecule has 0 radical (unpaired) electrons. The molecule has 0 saturated carbocycles. The molecule has 0 saturated heterocycles. The number of aromatic amines is 1. The summed E-state index contributed by atoms with van der Waals surface area (Å²) in [6.45, 7) is 2.06. The van der Waals surface area contributed by atoms with Gasteiger partial charge in [0.2, 0.25) is 0 Å². The van der Waals surface area contributed by atoms with Gasteiger partial charge in [-0.05, 0) is 12.5 Å². The largest absolute Gasteiger partial charge is 0.197 e. The van der Waals surface area contributed by atoms with Gasteiger partial charge in [0, 0.05) is 4.91 Å². The monoisotopic (exact) mass is 138 g/mol. The zero-order valence-electron chi connectivity index (χ0n) is 5.44. The number of aromatic nitrogens is 3. The van der Waals surface area contributed by atoms with E-state index in [0.29, 0.717) is 5.69 Å². The third kappa shape index (κ3) is 1.24. The van der Waals surface area contributed by atoms with Crippen LogP contribution in [0.15, 0.2) is 5.11 Å². The fraction of sp³-hybridized carbons (Fsp3) is 0.500. The second kappa shape index (κ2) is 2.84. The van der Waals surface area contributed by atoms with E-state index < -0.39 is 0 Å². The first-order chi connectivity index (χ1) is 4.84. The molecular weight excluding hydrogens is 132 g/mol. The molecule has 1 heterocycles. The number of hydrogen-bond donors (Lipinski definition) is 1. The Kier molecular flexibility index (Phi) is 1.86. The van der Waals surface area contributed by atoms with E-state index in [-0.39, 0.29) is 6.54 Å². The first kappa shape index (κ1) is 6.57. The lowest BCUT2D eigenvalue weighted by Crippen LogP contribution is -1.82. The predicted octanol–water partition coefficient (Wildman–Crippen LogP) is 0.923. The highest BCUT2D eigenvalue weighted by molar-refractivity contribution is 5.04. The van der Waals surface area contributed by atoms with E-state index in [0.717, 1.165) is 5.69 Å². The number of aryl methyl sites for hydroxylation is 1. The van der Waals surface area contributed by atoms with Gasteiger partial charge in [-0.3, -0.25) is 0 Å². The zero-order valence-corrected chi connectivity index (χ0v) is 5.44. The fourth-order valence-corrected chi connectivity index (χ4v) is 0.554. The third-order valence-corrected chi connectivity index (χ3v) is 1.10. The number of hydrogen-bond acceptors (Lipinski definition) is 3. The van der Waals surface area contributed by atoms with Gasteiger partial charge in [-0.1, -0.05) is 5.11 Å². The first-order valence-electron chi connectivity index (χ1n) is 2.71. The van der Waals surface area contributed by atoms with Crippen molar-refractivity contribution in [1.29, 1.82) is 0 Å². The molecule has 0 aliphatic heterocycles. The molecular formula is C4H6N6. The van der Waals surface area contributed by atoms with Crippen LogP contribution >= 0.6 is 0 Å². The van der Waals surface area contributed by atoms with E-state index in [9.17, 15) is 0 Å². The van der Waals surface area contributed by atoms with Crippen LogP contribution in [0.1, 0.15) is 11.4 Å². The SMILES string of the molecule is Cc1n[nH]nc1CN=[N+]=[N-]. The Labute approximate surface area is 56.9 Å². The van der Waals surface area contributed by atoms with Crippen LogP contribution in [0.4, 0.5) is 0 Å². The van der Waals surface area contributed by atoms with Crippen molar-refractivity contribution in [2.24, 2.45) is 5.11 Å². The average Bonchev–Trinajstić information content (AvgIpc) is 2.31. The lowest BCUT2D eigenvalue weighted by Gasteiger charge is -1.83. The van der Waals surface area contributed by atoms with E-state index >= 15 is 0 Å². The molecule has 0 amide bonds. The van der Waals surface area contributed by atoms with Crippen molar-refractivity contribution in [3.05, 3.63) is 21.8 Å². The smallest absolute Gasteiger partial charge is 0.0911 e. The minimum absolute atomic E-state index is 0.263. The van der Waals surface area contributed by atoms with Gasteiger partial charge in [0.15, 0.2) is 0 Å². The highest BCUT2D eigenvalue weighted by Crippen LogP contribution is 1.99. The molecule has 0 fully saturated rings. The van der Waals surface area contributed by atoms with Gasteiger partial charge in [0.25, 0.3) is 0 Å². The van der Waals surface area contributed by atoms with Crippen LogP contribution in [-0.2, 0) is 6.54 Å². The number of nitrogens with zero attached hydrogens (tertiary/aromatic N) is 5. The van der Waals surface area contributed by atoms with Crippen molar-refractivity contribution in [3.63, 3.8) is 0 Å². The second-order valence-electron chi connectivity index (χ2n) is 1.74. The first-order valence-corrected chi connectivity index (χ1v) is 2.71. The summed E-state index contributed by atoms with van der Waals surface area (Å²) in [5.41, 5.74) is 9.42. The molecule has 0 spiro atoms. The Balaban J connectivity index is 2.74. The number of H-pyrrole nitrogens is 1. The van der Waals surface area contributed by atoms with Crippen molar-refractivity contribution in [3.8, 4) is 0 Å². The summed E-state index contributed by atoms with van der Waals surface area (Å²) in [6.07, 6.45) is 0. The van der Waals surface area contributed by atoms with Gasteiger partial charge < -0.3 is 0 Å². The summed E-state index contributed by atoms with van der Waals surface area (Å²) in [5.74, 6) is 0. The Morgan fingerprint density at radius 1 is 1.70 bits per heavy atom. The summed E-state index contributed by atoms with van der Waals surface area (Å²) in [7, 11) is 0. The van der Waals surface area contributed by atoms with Crippen molar-refractivity contribution in [2.45, 2.75) is 13.5 Å². The Morgan fingerprint density at radius 3 is 3.00 bits per heavy atom. The molecule has 1 rings (SSSR count). The van der Waals surface area contributed by atoms with Crippen LogP contribution in [0.2, 0.25) is 0 Å². The lowest BCUT2D eigenvalue weighted by molar-refractivity contribution is 0.894. The van der Waals surface area contributed by atoms with Gasteiger partial charge in [-0.25, -0.2) is 0 Å². The van der Waals surface area contributed by atoms with Gasteiger partial charge >= 0.3 is 0 Å². The lowest BCUT2D eigenvalue weighted by atomic mass is 10.3. The summed E-state index contributed by atoms with van der Waals surface area (Å²) in [6, 6.07) is 0.